The van der Waals surface area contributed by atoms with Crippen molar-refractivity contribution in [2.75, 3.05) is 24.6 Å². The molecule has 7 nitrogen and oxygen atoms in total. The Hall–Kier alpha value is -1.97. The van der Waals surface area contributed by atoms with E-state index >= 15 is 0 Å². The van der Waals surface area contributed by atoms with Crippen LogP contribution in [0.1, 0.15) is 16.1 Å². The van der Waals surface area contributed by atoms with Crippen LogP contribution in [0.3, 0.4) is 0 Å². The van der Waals surface area contributed by atoms with Gasteiger partial charge < -0.3 is 4.90 Å². The summed E-state index contributed by atoms with van der Waals surface area (Å²) < 4.78 is 27.4. The first-order chi connectivity index (χ1) is 12.1. The highest BCUT2D eigenvalue weighted by Gasteiger charge is 2.21. The number of nitrogens with zero attached hydrogens (tertiary/aromatic N) is 3. The van der Waals surface area contributed by atoms with Gasteiger partial charge in [0, 0.05) is 36.4 Å². The second-order valence-electron chi connectivity index (χ2n) is 5.46. The molecule has 0 aliphatic carbocycles. The lowest BCUT2D eigenvalue weighted by molar-refractivity contribution is 0.0772. The van der Waals surface area contributed by atoms with Crippen LogP contribution >= 0.6 is 11.8 Å². The molecule has 0 atom stereocenters. The van der Waals surface area contributed by atoms with Gasteiger partial charge in [-0.25, -0.2) is 23.1 Å². The molecule has 0 unspecified atom stereocenters. The zero-order chi connectivity index (χ0) is 17.7. The van der Waals surface area contributed by atoms with E-state index in [0.717, 1.165) is 11.5 Å². The van der Waals surface area contributed by atoms with Crippen molar-refractivity contribution >= 4 is 27.7 Å². The van der Waals surface area contributed by atoms with E-state index in [4.69, 9.17) is 0 Å². The van der Waals surface area contributed by atoms with Crippen molar-refractivity contribution in [1.29, 1.82) is 0 Å². The van der Waals surface area contributed by atoms with Gasteiger partial charge in [-0.15, -0.1) is 0 Å². The van der Waals surface area contributed by atoms with Crippen LogP contribution in [-0.4, -0.2) is 53.8 Å². The molecule has 1 saturated heterocycles. The molecule has 1 aromatic heterocycles. The summed E-state index contributed by atoms with van der Waals surface area (Å²) in [4.78, 5) is 22.1. The Balaban J connectivity index is 1.74. The molecule has 0 bridgehead atoms. The fourth-order valence-electron chi connectivity index (χ4n) is 2.42. The summed E-state index contributed by atoms with van der Waals surface area (Å²) in [6, 6.07) is 7.77. The topological polar surface area (TPSA) is 92.3 Å². The van der Waals surface area contributed by atoms with Gasteiger partial charge in [0.15, 0.2) is 0 Å². The van der Waals surface area contributed by atoms with E-state index in [1.165, 1.54) is 18.5 Å². The number of nitrogens with one attached hydrogen (secondary N) is 1. The van der Waals surface area contributed by atoms with Crippen LogP contribution in [0.4, 0.5) is 0 Å². The lowest BCUT2D eigenvalue weighted by Gasteiger charge is -2.26. The van der Waals surface area contributed by atoms with Gasteiger partial charge in [-0.05, 0) is 24.3 Å². The number of amides is 1. The van der Waals surface area contributed by atoms with E-state index in [2.05, 4.69) is 14.7 Å². The number of sulfonamides is 1. The number of aromatic nitrogens is 2. The predicted molar refractivity (Wildman–Crippen MR) is 95.7 cm³/mol. The largest absolute Gasteiger partial charge is 0.337 e. The Bertz CT molecular complexity index is 837. The van der Waals surface area contributed by atoms with Gasteiger partial charge in [-0.1, -0.05) is 6.07 Å². The maximum absolute atomic E-state index is 12.5. The van der Waals surface area contributed by atoms with Crippen molar-refractivity contribution in [2.24, 2.45) is 0 Å². The first kappa shape index (κ1) is 17.8. The minimum absolute atomic E-state index is 0.0619. The molecule has 1 N–H and O–H groups in total. The molecule has 1 aromatic carbocycles. The molecule has 0 spiro atoms. The van der Waals surface area contributed by atoms with Gasteiger partial charge in [0.2, 0.25) is 10.0 Å². The molecule has 2 aromatic rings. The lowest BCUT2D eigenvalue weighted by Crippen LogP contribution is -2.38. The van der Waals surface area contributed by atoms with E-state index in [-0.39, 0.29) is 17.3 Å². The predicted octanol–water partition coefficient (Wildman–Crippen LogP) is 1.14. The molecular weight excluding hydrogens is 360 g/mol. The number of benzene rings is 1. The van der Waals surface area contributed by atoms with Crippen molar-refractivity contribution in [1.82, 2.24) is 19.6 Å². The van der Waals surface area contributed by atoms with E-state index in [0.29, 0.717) is 24.3 Å². The summed E-state index contributed by atoms with van der Waals surface area (Å²) in [6.07, 6.45) is 2.91. The second-order valence-corrected chi connectivity index (χ2v) is 8.45. The summed E-state index contributed by atoms with van der Waals surface area (Å²) in [7, 11) is -3.73. The SMILES string of the molecule is O=C(c1cccc(S(=O)(=O)NCc2ccncn2)c1)N1CCSCC1. The van der Waals surface area contributed by atoms with Crippen molar-refractivity contribution in [2.45, 2.75) is 11.4 Å². The van der Waals surface area contributed by atoms with Gasteiger partial charge >= 0.3 is 0 Å². The van der Waals surface area contributed by atoms with E-state index < -0.39 is 10.0 Å². The van der Waals surface area contributed by atoms with Crippen LogP contribution < -0.4 is 4.72 Å². The van der Waals surface area contributed by atoms with Crippen LogP contribution in [0.25, 0.3) is 0 Å². The van der Waals surface area contributed by atoms with Gasteiger partial charge in [0.25, 0.3) is 5.91 Å². The average molecular weight is 378 g/mol. The first-order valence-electron chi connectivity index (χ1n) is 7.78. The van der Waals surface area contributed by atoms with Crippen molar-refractivity contribution < 1.29 is 13.2 Å². The molecule has 1 amide bonds. The minimum atomic E-state index is -3.73. The molecule has 9 heteroatoms. The monoisotopic (exact) mass is 378 g/mol. The Morgan fingerprint density at radius 1 is 1.24 bits per heavy atom. The Kier molecular flexibility index (Phi) is 5.67. The van der Waals surface area contributed by atoms with E-state index in [9.17, 15) is 13.2 Å². The molecule has 1 fully saturated rings. The Labute approximate surface area is 150 Å². The maximum atomic E-state index is 12.5. The Morgan fingerprint density at radius 2 is 2.04 bits per heavy atom. The van der Waals surface area contributed by atoms with Crippen LogP contribution in [-0.2, 0) is 16.6 Å². The molecule has 1 aliphatic rings. The number of carbonyl (C=O) groups is 1. The highest BCUT2D eigenvalue weighted by Crippen LogP contribution is 2.16. The highest BCUT2D eigenvalue weighted by molar-refractivity contribution is 7.99. The summed E-state index contributed by atoms with van der Waals surface area (Å²) in [5.41, 5.74) is 0.952. The molecule has 1 aliphatic heterocycles. The average Bonchev–Trinajstić information content (AvgIpc) is 2.67. The van der Waals surface area contributed by atoms with Crippen LogP contribution in [0.15, 0.2) is 47.8 Å². The van der Waals surface area contributed by atoms with Crippen molar-refractivity contribution in [3.8, 4) is 0 Å². The molecule has 0 radical (unpaired) electrons. The molecular formula is C16H18N4O3S2. The molecule has 0 saturated carbocycles. The number of thioether (sulfide) groups is 1. The first-order valence-corrected chi connectivity index (χ1v) is 10.4. The van der Waals surface area contributed by atoms with Crippen LogP contribution in [0.2, 0.25) is 0 Å². The zero-order valence-corrected chi connectivity index (χ0v) is 15.1. The third kappa shape index (κ3) is 4.56. The molecule has 2 heterocycles. The summed E-state index contributed by atoms with van der Waals surface area (Å²) in [5.74, 6) is 1.68. The van der Waals surface area contributed by atoms with Gasteiger partial charge in [-0.2, -0.15) is 11.8 Å². The van der Waals surface area contributed by atoms with Crippen LogP contribution in [0, 0.1) is 0 Å². The third-order valence-electron chi connectivity index (χ3n) is 3.78. The van der Waals surface area contributed by atoms with Gasteiger partial charge in [-0.3, -0.25) is 4.79 Å². The summed E-state index contributed by atoms with van der Waals surface area (Å²) in [6.45, 7) is 1.44. The maximum Gasteiger partial charge on any atom is 0.253 e. The fourth-order valence-corrected chi connectivity index (χ4v) is 4.37. The Morgan fingerprint density at radius 3 is 2.76 bits per heavy atom. The number of carbonyl (C=O) groups excluding carboxylic acids is 1. The quantitative estimate of drug-likeness (QED) is 0.839. The van der Waals surface area contributed by atoms with Crippen molar-refractivity contribution in [3.63, 3.8) is 0 Å². The smallest absolute Gasteiger partial charge is 0.253 e. The highest BCUT2D eigenvalue weighted by atomic mass is 32.2. The molecule has 132 valence electrons. The van der Waals surface area contributed by atoms with Gasteiger partial charge in [0.05, 0.1) is 17.1 Å². The van der Waals surface area contributed by atoms with E-state index in [1.54, 1.807) is 29.3 Å². The summed E-state index contributed by atoms with van der Waals surface area (Å²) in [5, 5.41) is 0. The number of hydrogen-bond donors (Lipinski definition) is 1. The van der Waals surface area contributed by atoms with Crippen LogP contribution in [0.5, 0.6) is 0 Å². The number of hydrogen-bond acceptors (Lipinski definition) is 6. The second kappa shape index (κ2) is 7.94. The minimum Gasteiger partial charge on any atom is -0.337 e. The standard InChI is InChI=1S/C16H18N4O3S2/c21-16(20-6-8-24-9-7-20)13-2-1-3-15(10-13)25(22,23)19-11-14-4-5-17-12-18-14/h1-5,10,12,19H,6-9,11H2. The molecule has 3 rings (SSSR count). The fraction of sp³-hybridized carbons (Fsp3) is 0.312. The normalized spacial score (nSPS) is 15.1. The van der Waals surface area contributed by atoms with E-state index in [1.807, 2.05) is 11.8 Å². The van der Waals surface area contributed by atoms with Crippen molar-refractivity contribution in [3.05, 3.63) is 54.1 Å². The zero-order valence-electron chi connectivity index (χ0n) is 13.5. The molecule has 25 heavy (non-hydrogen) atoms. The summed E-state index contributed by atoms with van der Waals surface area (Å²) >= 11 is 1.81. The number of rotatable bonds is 5. The van der Waals surface area contributed by atoms with Gasteiger partial charge in [0.1, 0.15) is 6.33 Å². The third-order valence-corrected chi connectivity index (χ3v) is 6.12. The lowest BCUT2D eigenvalue weighted by atomic mass is 10.2.